The van der Waals surface area contributed by atoms with Crippen molar-refractivity contribution in [3.8, 4) is 22.4 Å². The van der Waals surface area contributed by atoms with Gasteiger partial charge in [0.2, 0.25) is 0 Å². The number of halogens is 3. The van der Waals surface area contributed by atoms with Crippen LogP contribution >= 0.6 is 23.2 Å². The highest BCUT2D eigenvalue weighted by molar-refractivity contribution is 6.37. The summed E-state index contributed by atoms with van der Waals surface area (Å²) in [7, 11) is 1.97. The normalized spacial score (nSPS) is 14.4. The number of hydrogen-bond acceptors (Lipinski definition) is 3. The van der Waals surface area contributed by atoms with Crippen LogP contribution in [-0.4, -0.2) is 35.7 Å². The van der Waals surface area contributed by atoms with Crippen molar-refractivity contribution >= 4 is 39.9 Å². The number of hydrogen-bond donors (Lipinski definition) is 1. The predicted molar refractivity (Wildman–Crippen MR) is 127 cm³/mol. The summed E-state index contributed by atoms with van der Waals surface area (Å²) >= 11 is 12.7. The lowest BCUT2D eigenvalue weighted by atomic mass is 9.98. The number of anilines is 1. The summed E-state index contributed by atoms with van der Waals surface area (Å²) in [5, 5.41) is 4.89. The molecule has 1 N–H and O–H groups in total. The summed E-state index contributed by atoms with van der Waals surface area (Å²) in [6.45, 7) is 3.97. The van der Waals surface area contributed by atoms with Crippen LogP contribution in [0, 0.1) is 5.82 Å². The molecule has 31 heavy (non-hydrogen) atoms. The van der Waals surface area contributed by atoms with Crippen LogP contribution in [0.4, 0.5) is 10.1 Å². The Labute approximate surface area is 190 Å². The smallest absolute Gasteiger partial charge is 0.142 e. The monoisotopic (exact) mass is 454 g/mol. The molecule has 3 heterocycles. The Bertz CT molecular complexity index is 1260. The van der Waals surface area contributed by atoms with E-state index in [2.05, 4.69) is 39.5 Å². The largest absolute Gasteiger partial charge is 0.369 e. The Kier molecular flexibility index (Phi) is 5.34. The highest BCUT2D eigenvalue weighted by Gasteiger charge is 2.22. The molecule has 5 rings (SSSR count). The SMILES string of the molecule is Cn1c(-c2ccc(N3CCNCC3)cc2)c(-c2ccc(F)c(Cl)c2)c2c(Cl)ccnc21. The van der Waals surface area contributed by atoms with Gasteiger partial charge in [0.25, 0.3) is 0 Å². The van der Waals surface area contributed by atoms with Crippen LogP contribution in [0.15, 0.2) is 54.7 Å². The molecule has 0 spiro atoms. The van der Waals surface area contributed by atoms with Crippen LogP contribution in [0.1, 0.15) is 0 Å². The zero-order valence-corrected chi connectivity index (χ0v) is 18.5. The molecule has 0 aliphatic carbocycles. The van der Waals surface area contributed by atoms with Crippen LogP contribution in [0.5, 0.6) is 0 Å². The van der Waals surface area contributed by atoms with Crippen molar-refractivity contribution in [1.29, 1.82) is 0 Å². The average molecular weight is 455 g/mol. The van der Waals surface area contributed by atoms with Gasteiger partial charge in [0, 0.05) is 56.1 Å². The zero-order chi connectivity index (χ0) is 21.5. The number of aryl methyl sites for hydroxylation is 1. The predicted octanol–water partition coefficient (Wildman–Crippen LogP) is 5.76. The van der Waals surface area contributed by atoms with Crippen molar-refractivity contribution in [1.82, 2.24) is 14.9 Å². The minimum atomic E-state index is -0.447. The van der Waals surface area contributed by atoms with Crippen molar-refractivity contribution in [3.63, 3.8) is 0 Å². The summed E-state index contributed by atoms with van der Waals surface area (Å²) in [4.78, 5) is 6.94. The van der Waals surface area contributed by atoms with Gasteiger partial charge < -0.3 is 14.8 Å². The molecule has 7 heteroatoms. The van der Waals surface area contributed by atoms with E-state index in [-0.39, 0.29) is 5.02 Å². The Morgan fingerprint density at radius 2 is 1.65 bits per heavy atom. The van der Waals surface area contributed by atoms with Gasteiger partial charge in [-0.1, -0.05) is 41.4 Å². The van der Waals surface area contributed by atoms with Crippen LogP contribution in [0.3, 0.4) is 0 Å². The summed E-state index contributed by atoms with van der Waals surface area (Å²) in [5.41, 5.74) is 5.66. The Morgan fingerprint density at radius 3 is 2.35 bits per heavy atom. The molecule has 0 amide bonds. The molecule has 2 aromatic carbocycles. The van der Waals surface area contributed by atoms with E-state index in [1.54, 1.807) is 24.4 Å². The highest BCUT2D eigenvalue weighted by Crippen LogP contribution is 2.43. The van der Waals surface area contributed by atoms with E-state index >= 15 is 0 Å². The van der Waals surface area contributed by atoms with E-state index in [0.717, 1.165) is 59.6 Å². The van der Waals surface area contributed by atoms with Gasteiger partial charge in [0.05, 0.1) is 15.7 Å². The molecule has 4 nitrogen and oxygen atoms in total. The van der Waals surface area contributed by atoms with Gasteiger partial charge in [-0.15, -0.1) is 0 Å². The third kappa shape index (κ3) is 3.57. The number of rotatable bonds is 3. The molecular formula is C24H21Cl2FN4. The molecule has 0 saturated carbocycles. The minimum absolute atomic E-state index is 0.0783. The standard InChI is InChI=1S/C24H21Cl2FN4/c1-30-23(15-2-5-17(6-3-15)31-12-10-28-11-13-31)21(16-4-7-20(27)19(26)14-16)22-18(25)8-9-29-24(22)30/h2-9,14,28H,10-13H2,1H3. The summed E-state index contributed by atoms with van der Waals surface area (Å²) in [5.74, 6) is -0.447. The Hall–Kier alpha value is -2.60. The van der Waals surface area contributed by atoms with Crippen molar-refractivity contribution in [2.24, 2.45) is 7.05 Å². The maximum absolute atomic E-state index is 13.9. The number of aromatic nitrogens is 2. The number of nitrogens with one attached hydrogen (secondary N) is 1. The van der Waals surface area contributed by atoms with E-state index < -0.39 is 5.82 Å². The van der Waals surface area contributed by atoms with E-state index in [0.29, 0.717) is 5.02 Å². The van der Waals surface area contributed by atoms with Crippen LogP contribution in [-0.2, 0) is 7.05 Å². The Morgan fingerprint density at radius 1 is 0.935 bits per heavy atom. The first-order chi connectivity index (χ1) is 15.0. The molecule has 1 aliphatic heterocycles. The van der Waals surface area contributed by atoms with Gasteiger partial charge in [-0.05, 0) is 41.5 Å². The van der Waals surface area contributed by atoms with Crippen LogP contribution < -0.4 is 10.2 Å². The lowest BCUT2D eigenvalue weighted by molar-refractivity contribution is 0.589. The van der Waals surface area contributed by atoms with Gasteiger partial charge in [-0.25, -0.2) is 9.37 Å². The summed E-state index contributed by atoms with van der Waals surface area (Å²) < 4.78 is 15.9. The molecule has 0 bridgehead atoms. The first-order valence-corrected chi connectivity index (χ1v) is 10.9. The fraction of sp³-hybridized carbons (Fsp3) is 0.208. The van der Waals surface area contributed by atoms with Crippen molar-refractivity contribution in [2.45, 2.75) is 0 Å². The summed E-state index contributed by atoms with van der Waals surface area (Å²) in [6.07, 6.45) is 1.70. The zero-order valence-electron chi connectivity index (χ0n) is 17.0. The number of benzene rings is 2. The third-order valence-corrected chi connectivity index (χ3v) is 6.46. The first kappa shape index (κ1) is 20.3. The first-order valence-electron chi connectivity index (χ1n) is 10.2. The third-order valence-electron chi connectivity index (χ3n) is 5.85. The molecule has 2 aromatic heterocycles. The number of fused-ring (bicyclic) bond motifs is 1. The average Bonchev–Trinajstić information content (AvgIpc) is 3.10. The number of pyridine rings is 1. The van der Waals surface area contributed by atoms with E-state index in [1.807, 2.05) is 11.6 Å². The van der Waals surface area contributed by atoms with Gasteiger partial charge >= 0.3 is 0 Å². The highest BCUT2D eigenvalue weighted by atomic mass is 35.5. The lowest BCUT2D eigenvalue weighted by Crippen LogP contribution is -2.43. The molecule has 0 radical (unpaired) electrons. The molecule has 0 unspecified atom stereocenters. The fourth-order valence-electron chi connectivity index (χ4n) is 4.33. The molecule has 1 saturated heterocycles. The second kappa shape index (κ2) is 8.15. The molecule has 1 fully saturated rings. The Balaban J connectivity index is 1.70. The van der Waals surface area contributed by atoms with Gasteiger partial charge in [0.1, 0.15) is 11.5 Å². The fourth-order valence-corrected chi connectivity index (χ4v) is 4.75. The second-order valence-electron chi connectivity index (χ2n) is 7.69. The van der Waals surface area contributed by atoms with Gasteiger partial charge in [-0.3, -0.25) is 0 Å². The van der Waals surface area contributed by atoms with Crippen molar-refractivity contribution in [3.05, 3.63) is 70.6 Å². The summed E-state index contributed by atoms with van der Waals surface area (Å²) in [6, 6.07) is 15.1. The van der Waals surface area contributed by atoms with Gasteiger partial charge in [-0.2, -0.15) is 0 Å². The van der Waals surface area contributed by atoms with Crippen LogP contribution in [0.2, 0.25) is 10.0 Å². The maximum atomic E-state index is 13.9. The molecule has 0 atom stereocenters. The van der Waals surface area contributed by atoms with E-state index in [4.69, 9.17) is 23.2 Å². The van der Waals surface area contributed by atoms with Crippen molar-refractivity contribution < 1.29 is 4.39 Å². The maximum Gasteiger partial charge on any atom is 0.142 e. The molecule has 1 aliphatic rings. The van der Waals surface area contributed by atoms with E-state index in [1.165, 1.54) is 11.8 Å². The molecule has 4 aromatic rings. The van der Waals surface area contributed by atoms with E-state index in [9.17, 15) is 4.39 Å². The van der Waals surface area contributed by atoms with Gasteiger partial charge in [0.15, 0.2) is 0 Å². The quantitative estimate of drug-likeness (QED) is 0.426. The van der Waals surface area contributed by atoms with Crippen LogP contribution in [0.25, 0.3) is 33.4 Å². The minimum Gasteiger partial charge on any atom is -0.369 e. The number of nitrogens with zero attached hydrogens (tertiary/aromatic N) is 3. The topological polar surface area (TPSA) is 33.1 Å². The molecule has 158 valence electrons. The molecular weight excluding hydrogens is 434 g/mol. The number of piperazine rings is 1. The lowest BCUT2D eigenvalue weighted by Gasteiger charge is -2.29. The van der Waals surface area contributed by atoms with Crippen molar-refractivity contribution in [2.75, 3.05) is 31.1 Å². The second-order valence-corrected chi connectivity index (χ2v) is 8.50.